The summed E-state index contributed by atoms with van der Waals surface area (Å²) in [6, 6.07) is 0. The summed E-state index contributed by atoms with van der Waals surface area (Å²) in [4.78, 5) is 37.9. The van der Waals surface area contributed by atoms with Gasteiger partial charge in [-0.3, -0.25) is 14.4 Å². The van der Waals surface area contributed by atoms with Crippen molar-refractivity contribution in [3.05, 3.63) is 60.8 Å². The molecule has 0 aliphatic heterocycles. The summed E-state index contributed by atoms with van der Waals surface area (Å²) < 4.78 is 16.7. The molecule has 0 aliphatic carbocycles. The first kappa shape index (κ1) is 57.1. The molecule has 0 aromatic carbocycles. The average molecular weight is 839 g/mol. The molecular formula is C54H94O6. The monoisotopic (exact) mass is 839 g/mol. The first-order valence-corrected chi connectivity index (χ1v) is 25.3. The third-order valence-electron chi connectivity index (χ3n) is 10.8. The van der Waals surface area contributed by atoms with Gasteiger partial charge in [0.1, 0.15) is 13.2 Å². The fourth-order valence-corrected chi connectivity index (χ4v) is 7.02. The lowest BCUT2D eigenvalue weighted by Gasteiger charge is -2.18. The lowest BCUT2D eigenvalue weighted by molar-refractivity contribution is -0.166. The zero-order chi connectivity index (χ0) is 43.7. The van der Waals surface area contributed by atoms with Crippen molar-refractivity contribution in [2.75, 3.05) is 13.2 Å². The maximum absolute atomic E-state index is 12.8. The first-order chi connectivity index (χ1) is 29.5. The van der Waals surface area contributed by atoms with E-state index in [0.29, 0.717) is 19.3 Å². The van der Waals surface area contributed by atoms with E-state index in [2.05, 4.69) is 75.5 Å². The molecule has 0 spiro atoms. The van der Waals surface area contributed by atoms with Crippen molar-refractivity contribution in [2.24, 2.45) is 0 Å². The number of carbonyl (C=O) groups is 3. The van der Waals surface area contributed by atoms with E-state index < -0.39 is 6.10 Å². The molecule has 60 heavy (non-hydrogen) atoms. The van der Waals surface area contributed by atoms with Gasteiger partial charge in [-0.1, -0.05) is 236 Å². The molecule has 6 nitrogen and oxygen atoms in total. The Morgan fingerprint density at radius 3 is 1.02 bits per heavy atom. The molecule has 0 aromatic heterocycles. The molecule has 0 saturated heterocycles. The number of hydrogen-bond acceptors (Lipinski definition) is 6. The van der Waals surface area contributed by atoms with Crippen molar-refractivity contribution >= 4 is 17.9 Å². The fourth-order valence-electron chi connectivity index (χ4n) is 7.02. The van der Waals surface area contributed by atoms with E-state index in [1.807, 2.05) is 6.08 Å². The number of esters is 3. The van der Waals surface area contributed by atoms with Gasteiger partial charge < -0.3 is 14.2 Å². The van der Waals surface area contributed by atoms with Crippen molar-refractivity contribution in [3.8, 4) is 0 Å². The lowest BCUT2D eigenvalue weighted by atomic mass is 10.0. The van der Waals surface area contributed by atoms with Gasteiger partial charge in [0, 0.05) is 19.3 Å². The van der Waals surface area contributed by atoms with E-state index in [0.717, 1.165) is 70.6 Å². The van der Waals surface area contributed by atoms with Crippen LogP contribution >= 0.6 is 0 Å². The maximum Gasteiger partial charge on any atom is 0.306 e. The minimum Gasteiger partial charge on any atom is -0.462 e. The highest BCUT2D eigenvalue weighted by Crippen LogP contribution is 2.15. The zero-order valence-corrected chi connectivity index (χ0v) is 39.5. The molecule has 346 valence electrons. The Balaban J connectivity index is 4.45. The molecule has 1 atom stereocenters. The van der Waals surface area contributed by atoms with Gasteiger partial charge in [0.05, 0.1) is 0 Å². The van der Waals surface area contributed by atoms with Gasteiger partial charge in [0.25, 0.3) is 0 Å². The van der Waals surface area contributed by atoms with Crippen LogP contribution in [0.1, 0.15) is 245 Å². The number of unbranched alkanes of at least 4 members (excludes halogenated alkanes) is 24. The van der Waals surface area contributed by atoms with Crippen LogP contribution in [0.5, 0.6) is 0 Å². The standard InChI is InChI=1S/C54H94O6/c1-4-7-10-13-16-19-22-24-26-28-29-32-35-38-41-44-47-53(56)59-50-51(49-58-52(55)46-43-40-37-34-31-21-18-15-12-9-6-3)60-54(57)48-45-42-39-36-33-30-27-25-23-20-17-14-11-8-5-2/h7,10,16,19,24,26,29,32,38,41,51H,4-6,8-9,11-15,17-18,20-23,25,27-28,30-31,33-37,39-40,42-50H2,1-3H3/b10-7-,19-16-,26-24-,32-29-,41-38-. The second kappa shape index (κ2) is 48.8. The van der Waals surface area contributed by atoms with Crippen molar-refractivity contribution < 1.29 is 28.6 Å². The minimum absolute atomic E-state index is 0.0937. The van der Waals surface area contributed by atoms with Gasteiger partial charge in [0.2, 0.25) is 0 Å². The van der Waals surface area contributed by atoms with E-state index in [1.165, 1.54) is 128 Å². The van der Waals surface area contributed by atoms with Crippen LogP contribution in [-0.2, 0) is 28.6 Å². The van der Waals surface area contributed by atoms with Crippen LogP contribution in [0.2, 0.25) is 0 Å². The summed E-state index contributed by atoms with van der Waals surface area (Å²) in [5.41, 5.74) is 0. The normalized spacial score (nSPS) is 12.5. The Hall–Kier alpha value is -2.89. The molecule has 0 heterocycles. The van der Waals surface area contributed by atoms with Crippen molar-refractivity contribution in [3.63, 3.8) is 0 Å². The number of ether oxygens (including phenoxy) is 3. The molecule has 1 unspecified atom stereocenters. The van der Waals surface area contributed by atoms with Crippen LogP contribution < -0.4 is 0 Å². The molecule has 0 bridgehead atoms. The van der Waals surface area contributed by atoms with Gasteiger partial charge in [-0.25, -0.2) is 0 Å². The Kier molecular flexibility index (Phi) is 46.4. The zero-order valence-electron chi connectivity index (χ0n) is 39.5. The fraction of sp³-hybridized carbons (Fsp3) is 0.759. The van der Waals surface area contributed by atoms with E-state index in [1.54, 1.807) is 0 Å². The largest absolute Gasteiger partial charge is 0.462 e. The Labute approximate surface area is 370 Å². The third kappa shape index (κ3) is 46.2. The average Bonchev–Trinajstić information content (AvgIpc) is 3.24. The minimum atomic E-state index is -0.798. The molecule has 0 amide bonds. The first-order valence-electron chi connectivity index (χ1n) is 25.3. The van der Waals surface area contributed by atoms with Gasteiger partial charge in [-0.05, 0) is 51.4 Å². The third-order valence-corrected chi connectivity index (χ3v) is 10.8. The molecule has 0 N–H and O–H groups in total. The summed E-state index contributed by atoms with van der Waals surface area (Å²) in [5, 5.41) is 0. The highest BCUT2D eigenvalue weighted by molar-refractivity contribution is 5.71. The predicted molar refractivity (Wildman–Crippen MR) is 256 cm³/mol. The van der Waals surface area contributed by atoms with Crippen LogP contribution in [0.15, 0.2) is 60.8 Å². The second-order valence-corrected chi connectivity index (χ2v) is 16.7. The summed E-state index contributed by atoms with van der Waals surface area (Å²) in [5.74, 6) is -0.975. The molecule has 0 fully saturated rings. The van der Waals surface area contributed by atoms with E-state index >= 15 is 0 Å². The van der Waals surface area contributed by atoms with E-state index in [4.69, 9.17) is 14.2 Å². The number of carbonyl (C=O) groups excluding carboxylic acids is 3. The number of hydrogen-bond donors (Lipinski definition) is 0. The maximum atomic E-state index is 12.8. The molecule has 0 radical (unpaired) electrons. The van der Waals surface area contributed by atoms with Gasteiger partial charge in [0.15, 0.2) is 6.10 Å². The van der Waals surface area contributed by atoms with E-state index in [9.17, 15) is 14.4 Å². The molecule has 6 heteroatoms. The van der Waals surface area contributed by atoms with Crippen molar-refractivity contribution in [1.29, 1.82) is 0 Å². The number of rotatable bonds is 45. The lowest BCUT2D eigenvalue weighted by Crippen LogP contribution is -2.30. The van der Waals surface area contributed by atoms with Crippen LogP contribution in [0.3, 0.4) is 0 Å². The Morgan fingerprint density at radius 2 is 0.650 bits per heavy atom. The molecule has 0 saturated carbocycles. The van der Waals surface area contributed by atoms with E-state index in [-0.39, 0.29) is 37.5 Å². The Bertz CT molecular complexity index is 1100. The predicted octanol–water partition coefficient (Wildman–Crippen LogP) is 16.5. The summed E-state index contributed by atoms with van der Waals surface area (Å²) >= 11 is 0. The Morgan fingerprint density at radius 1 is 0.350 bits per heavy atom. The highest BCUT2D eigenvalue weighted by Gasteiger charge is 2.19. The summed E-state index contributed by atoms with van der Waals surface area (Å²) in [6.07, 6.45) is 59.3. The number of allylic oxidation sites excluding steroid dienone is 10. The smallest absolute Gasteiger partial charge is 0.306 e. The summed E-state index contributed by atoms with van der Waals surface area (Å²) in [7, 11) is 0. The SMILES string of the molecule is CC/C=C\C/C=C\C/C=C\C/C=C\C/C=C\CCC(=O)OCC(COC(=O)CCCCCCCCCCCCC)OC(=O)CCCCCCCCCCCCCCCCC. The molecule has 0 rings (SSSR count). The second-order valence-electron chi connectivity index (χ2n) is 16.7. The van der Waals surface area contributed by atoms with Crippen LogP contribution in [-0.4, -0.2) is 37.2 Å². The molecular weight excluding hydrogens is 745 g/mol. The van der Waals surface area contributed by atoms with Crippen LogP contribution in [0, 0.1) is 0 Å². The molecule has 0 aliphatic rings. The van der Waals surface area contributed by atoms with Crippen LogP contribution in [0.25, 0.3) is 0 Å². The van der Waals surface area contributed by atoms with Gasteiger partial charge >= 0.3 is 17.9 Å². The van der Waals surface area contributed by atoms with Gasteiger partial charge in [-0.15, -0.1) is 0 Å². The van der Waals surface area contributed by atoms with Gasteiger partial charge in [-0.2, -0.15) is 0 Å². The topological polar surface area (TPSA) is 78.9 Å². The molecule has 0 aromatic rings. The van der Waals surface area contributed by atoms with Crippen LogP contribution in [0.4, 0.5) is 0 Å². The van der Waals surface area contributed by atoms with Crippen molar-refractivity contribution in [1.82, 2.24) is 0 Å². The quantitative estimate of drug-likeness (QED) is 0.0263. The van der Waals surface area contributed by atoms with Crippen molar-refractivity contribution in [2.45, 2.75) is 252 Å². The highest BCUT2D eigenvalue weighted by atomic mass is 16.6. The summed E-state index contributed by atoms with van der Waals surface area (Å²) in [6.45, 7) is 6.46.